The summed E-state index contributed by atoms with van der Waals surface area (Å²) < 4.78 is 13.9. The SMILES string of the molecule is Cc1ccccc1CNC(=O)c1nn(-c2ccccc2F)nc1CO. The number of halogens is 1. The molecule has 7 heteroatoms. The van der Waals surface area contributed by atoms with E-state index in [0.717, 1.165) is 15.9 Å². The van der Waals surface area contributed by atoms with E-state index in [1.54, 1.807) is 12.1 Å². The van der Waals surface area contributed by atoms with Crippen LogP contribution in [-0.2, 0) is 13.2 Å². The number of carbonyl (C=O) groups is 1. The molecular weight excluding hydrogens is 323 g/mol. The lowest BCUT2D eigenvalue weighted by Crippen LogP contribution is -2.25. The first-order chi connectivity index (χ1) is 12.1. The van der Waals surface area contributed by atoms with Crippen LogP contribution in [0.4, 0.5) is 4.39 Å². The monoisotopic (exact) mass is 340 g/mol. The first kappa shape index (κ1) is 16.8. The van der Waals surface area contributed by atoms with Gasteiger partial charge in [-0.05, 0) is 30.2 Å². The molecule has 1 heterocycles. The van der Waals surface area contributed by atoms with Gasteiger partial charge in [0.05, 0.1) is 6.61 Å². The largest absolute Gasteiger partial charge is 0.390 e. The number of hydrogen-bond acceptors (Lipinski definition) is 4. The lowest BCUT2D eigenvalue weighted by molar-refractivity contribution is 0.0942. The Hall–Kier alpha value is -3.06. The number of aryl methyl sites for hydroxylation is 1. The summed E-state index contributed by atoms with van der Waals surface area (Å²) in [5, 5.41) is 20.2. The molecular formula is C18H17FN4O2. The molecule has 0 aliphatic heterocycles. The van der Waals surface area contributed by atoms with Crippen LogP contribution in [0.1, 0.15) is 27.3 Å². The van der Waals surface area contributed by atoms with Crippen LogP contribution in [0.3, 0.4) is 0 Å². The van der Waals surface area contributed by atoms with E-state index in [-0.39, 0.29) is 17.1 Å². The Balaban J connectivity index is 1.83. The number of nitrogens with zero attached hydrogens (tertiary/aromatic N) is 3. The summed E-state index contributed by atoms with van der Waals surface area (Å²) in [4.78, 5) is 13.4. The highest BCUT2D eigenvalue weighted by molar-refractivity contribution is 5.93. The molecule has 6 nitrogen and oxygen atoms in total. The highest BCUT2D eigenvalue weighted by Gasteiger charge is 2.19. The Bertz CT molecular complexity index is 908. The van der Waals surface area contributed by atoms with Gasteiger partial charge < -0.3 is 10.4 Å². The number of aromatic nitrogens is 3. The van der Waals surface area contributed by atoms with Gasteiger partial charge in [0.2, 0.25) is 0 Å². The Morgan fingerprint density at radius 1 is 1.16 bits per heavy atom. The Morgan fingerprint density at radius 3 is 2.60 bits per heavy atom. The molecule has 0 fully saturated rings. The first-order valence-corrected chi connectivity index (χ1v) is 7.75. The quantitative estimate of drug-likeness (QED) is 0.746. The number of aliphatic hydroxyl groups is 1. The zero-order valence-corrected chi connectivity index (χ0v) is 13.6. The number of rotatable bonds is 5. The maximum Gasteiger partial charge on any atom is 0.274 e. The van der Waals surface area contributed by atoms with Gasteiger partial charge >= 0.3 is 0 Å². The van der Waals surface area contributed by atoms with Crippen molar-refractivity contribution in [2.24, 2.45) is 0 Å². The molecule has 0 saturated heterocycles. The molecule has 3 aromatic rings. The minimum atomic E-state index is -0.520. The molecule has 0 spiro atoms. The third-order valence-corrected chi connectivity index (χ3v) is 3.82. The van der Waals surface area contributed by atoms with Crippen molar-refractivity contribution >= 4 is 5.91 Å². The average Bonchev–Trinajstić information content (AvgIpc) is 3.05. The molecule has 0 radical (unpaired) electrons. The number of aliphatic hydroxyl groups excluding tert-OH is 1. The molecule has 0 atom stereocenters. The Kier molecular flexibility index (Phi) is 4.85. The van der Waals surface area contributed by atoms with Crippen LogP contribution in [0, 0.1) is 12.7 Å². The smallest absolute Gasteiger partial charge is 0.274 e. The lowest BCUT2D eigenvalue weighted by Gasteiger charge is -2.06. The van der Waals surface area contributed by atoms with Crippen molar-refractivity contribution in [2.45, 2.75) is 20.1 Å². The van der Waals surface area contributed by atoms with Crippen molar-refractivity contribution in [2.75, 3.05) is 0 Å². The summed E-state index contributed by atoms with van der Waals surface area (Å²) >= 11 is 0. The van der Waals surface area contributed by atoms with Crippen molar-refractivity contribution in [3.05, 3.63) is 76.9 Å². The van der Waals surface area contributed by atoms with Gasteiger partial charge in [-0.2, -0.15) is 0 Å². The average molecular weight is 340 g/mol. The fraction of sp³-hybridized carbons (Fsp3) is 0.167. The van der Waals surface area contributed by atoms with Gasteiger partial charge in [-0.25, -0.2) is 4.39 Å². The second-order valence-electron chi connectivity index (χ2n) is 5.50. The van der Waals surface area contributed by atoms with Crippen LogP contribution < -0.4 is 5.32 Å². The minimum absolute atomic E-state index is 0.0284. The van der Waals surface area contributed by atoms with Crippen LogP contribution in [0.5, 0.6) is 0 Å². The predicted molar refractivity (Wildman–Crippen MR) is 89.6 cm³/mol. The summed E-state index contributed by atoms with van der Waals surface area (Å²) in [6, 6.07) is 13.6. The molecule has 0 saturated carbocycles. The molecule has 128 valence electrons. The van der Waals surface area contributed by atoms with Gasteiger partial charge in [-0.15, -0.1) is 15.0 Å². The first-order valence-electron chi connectivity index (χ1n) is 7.75. The number of hydrogen-bond donors (Lipinski definition) is 2. The maximum absolute atomic E-state index is 13.9. The number of amides is 1. The van der Waals surface area contributed by atoms with E-state index < -0.39 is 18.3 Å². The minimum Gasteiger partial charge on any atom is -0.390 e. The molecule has 2 N–H and O–H groups in total. The Labute approximate surface area is 143 Å². The van der Waals surface area contributed by atoms with Gasteiger partial charge in [-0.3, -0.25) is 4.79 Å². The number of carbonyl (C=O) groups excluding carboxylic acids is 1. The summed E-state index contributed by atoms with van der Waals surface area (Å²) in [6.45, 7) is 1.81. The highest BCUT2D eigenvalue weighted by atomic mass is 19.1. The van der Waals surface area contributed by atoms with Gasteiger partial charge in [-0.1, -0.05) is 36.4 Å². The van der Waals surface area contributed by atoms with Crippen LogP contribution in [0.2, 0.25) is 0 Å². The standard InChI is InChI=1S/C18H17FN4O2/c1-12-6-2-3-7-13(12)10-20-18(25)17-15(11-24)21-23(22-17)16-9-5-4-8-14(16)19/h2-9,24H,10-11H2,1H3,(H,20,25). The fourth-order valence-corrected chi connectivity index (χ4v) is 2.41. The molecule has 3 rings (SSSR count). The lowest BCUT2D eigenvalue weighted by atomic mass is 10.1. The molecule has 2 aromatic carbocycles. The Morgan fingerprint density at radius 2 is 1.88 bits per heavy atom. The van der Waals surface area contributed by atoms with Crippen LogP contribution in [0.15, 0.2) is 48.5 Å². The molecule has 0 bridgehead atoms. The van der Waals surface area contributed by atoms with Crippen LogP contribution in [0.25, 0.3) is 5.69 Å². The predicted octanol–water partition coefficient (Wildman–Crippen LogP) is 2.14. The number of nitrogens with one attached hydrogen (secondary N) is 1. The maximum atomic E-state index is 13.9. The zero-order chi connectivity index (χ0) is 17.8. The van der Waals surface area contributed by atoms with Gasteiger partial charge in [0, 0.05) is 6.54 Å². The van der Waals surface area contributed by atoms with E-state index in [4.69, 9.17) is 0 Å². The van der Waals surface area contributed by atoms with Gasteiger partial charge in [0.1, 0.15) is 11.4 Å². The number of para-hydroxylation sites is 1. The summed E-state index contributed by atoms with van der Waals surface area (Å²) in [5.41, 5.74) is 2.20. The van der Waals surface area contributed by atoms with E-state index in [9.17, 15) is 14.3 Å². The van der Waals surface area contributed by atoms with Crippen molar-refractivity contribution in [1.82, 2.24) is 20.3 Å². The summed E-state index contributed by atoms with van der Waals surface area (Å²) in [6.07, 6.45) is 0. The highest BCUT2D eigenvalue weighted by Crippen LogP contribution is 2.13. The zero-order valence-electron chi connectivity index (χ0n) is 13.6. The number of benzene rings is 2. The fourth-order valence-electron chi connectivity index (χ4n) is 2.41. The molecule has 0 unspecified atom stereocenters. The normalized spacial score (nSPS) is 10.7. The molecule has 0 aliphatic rings. The second kappa shape index (κ2) is 7.23. The van der Waals surface area contributed by atoms with Crippen molar-refractivity contribution in [1.29, 1.82) is 0 Å². The van der Waals surface area contributed by atoms with E-state index >= 15 is 0 Å². The van der Waals surface area contributed by atoms with E-state index in [0.29, 0.717) is 6.54 Å². The summed E-state index contributed by atoms with van der Waals surface area (Å²) in [5.74, 6) is -0.997. The molecule has 1 amide bonds. The third kappa shape index (κ3) is 3.56. The topological polar surface area (TPSA) is 80.0 Å². The molecule has 0 aliphatic carbocycles. The van der Waals surface area contributed by atoms with Crippen LogP contribution >= 0.6 is 0 Å². The van der Waals surface area contributed by atoms with E-state index in [1.165, 1.54) is 12.1 Å². The van der Waals surface area contributed by atoms with Crippen molar-refractivity contribution in [3.63, 3.8) is 0 Å². The van der Waals surface area contributed by atoms with Gasteiger partial charge in [0.15, 0.2) is 11.5 Å². The van der Waals surface area contributed by atoms with E-state index in [2.05, 4.69) is 15.5 Å². The van der Waals surface area contributed by atoms with E-state index in [1.807, 2.05) is 31.2 Å². The van der Waals surface area contributed by atoms with Crippen molar-refractivity contribution < 1.29 is 14.3 Å². The second-order valence-corrected chi connectivity index (χ2v) is 5.50. The third-order valence-electron chi connectivity index (χ3n) is 3.82. The van der Waals surface area contributed by atoms with Crippen LogP contribution in [-0.4, -0.2) is 26.0 Å². The van der Waals surface area contributed by atoms with Crippen molar-refractivity contribution in [3.8, 4) is 5.69 Å². The summed E-state index contributed by atoms with van der Waals surface area (Å²) in [7, 11) is 0. The molecule has 1 aromatic heterocycles. The van der Waals surface area contributed by atoms with Gasteiger partial charge in [0.25, 0.3) is 5.91 Å². The molecule has 25 heavy (non-hydrogen) atoms.